The van der Waals surface area contributed by atoms with E-state index in [0.29, 0.717) is 6.42 Å². The first-order valence-corrected chi connectivity index (χ1v) is 9.42. The molecule has 0 aliphatic carbocycles. The van der Waals surface area contributed by atoms with Gasteiger partial charge in [0.25, 0.3) is 0 Å². The van der Waals surface area contributed by atoms with Gasteiger partial charge < -0.3 is 9.15 Å². The van der Waals surface area contributed by atoms with Gasteiger partial charge in [-0.25, -0.2) is 0 Å². The molecule has 0 aromatic carbocycles. The van der Waals surface area contributed by atoms with E-state index in [1.807, 2.05) is 0 Å². The first-order valence-electron chi connectivity index (χ1n) is 9.42. The smallest absolute Gasteiger partial charge is 0.305 e. The summed E-state index contributed by atoms with van der Waals surface area (Å²) in [5.41, 5.74) is 2.59. The molecule has 0 fully saturated rings. The number of allylic oxidation sites excluding steroid dienone is 1. The standard InChI is InChI=1S/C21H34O3/c1-5-6-11-14-19-17(2)18(3)20(24-19)15-12-9-7-8-10-13-16-21(22)23-4/h12,15H,5-11,13-14,16H2,1-4H3. The van der Waals surface area contributed by atoms with Gasteiger partial charge in [-0.05, 0) is 56.7 Å². The molecule has 1 heterocycles. The van der Waals surface area contributed by atoms with Gasteiger partial charge in [-0.2, -0.15) is 0 Å². The van der Waals surface area contributed by atoms with E-state index >= 15 is 0 Å². The molecule has 0 unspecified atom stereocenters. The van der Waals surface area contributed by atoms with Crippen LogP contribution in [-0.2, 0) is 16.0 Å². The molecule has 1 aromatic heterocycles. The van der Waals surface area contributed by atoms with Gasteiger partial charge in [0, 0.05) is 12.8 Å². The highest BCUT2D eigenvalue weighted by atomic mass is 16.5. The molecular formula is C21H34O3. The number of hydrogen-bond acceptors (Lipinski definition) is 3. The summed E-state index contributed by atoms with van der Waals surface area (Å²) in [6.07, 6.45) is 15.0. The number of unbranched alkanes of at least 4 members (excludes halogenated alkanes) is 6. The number of carbonyl (C=O) groups excluding carboxylic acids is 1. The topological polar surface area (TPSA) is 39.4 Å². The van der Waals surface area contributed by atoms with E-state index in [-0.39, 0.29) is 5.97 Å². The Kier molecular flexibility index (Phi) is 10.2. The van der Waals surface area contributed by atoms with Crippen molar-refractivity contribution in [3.8, 4) is 0 Å². The maximum atomic E-state index is 11.0. The molecule has 0 atom stereocenters. The first kappa shape index (κ1) is 20.5. The summed E-state index contributed by atoms with van der Waals surface area (Å²) >= 11 is 0. The number of carbonyl (C=O) groups is 1. The van der Waals surface area contributed by atoms with Gasteiger partial charge in [0.2, 0.25) is 0 Å². The van der Waals surface area contributed by atoms with E-state index in [1.165, 1.54) is 37.5 Å². The second-order valence-corrected chi connectivity index (χ2v) is 6.53. The largest absolute Gasteiger partial charge is 0.469 e. The molecule has 0 amide bonds. The van der Waals surface area contributed by atoms with Crippen LogP contribution in [0.1, 0.15) is 87.4 Å². The van der Waals surface area contributed by atoms with Crippen LogP contribution in [0.15, 0.2) is 10.5 Å². The third kappa shape index (κ3) is 7.37. The van der Waals surface area contributed by atoms with Gasteiger partial charge in [0.15, 0.2) is 0 Å². The van der Waals surface area contributed by atoms with E-state index < -0.39 is 0 Å². The predicted molar refractivity (Wildman–Crippen MR) is 100 cm³/mol. The quantitative estimate of drug-likeness (QED) is 0.339. The van der Waals surface area contributed by atoms with Crippen molar-refractivity contribution in [1.82, 2.24) is 0 Å². The maximum absolute atomic E-state index is 11.0. The number of methoxy groups -OCH3 is 1. The third-order valence-electron chi connectivity index (χ3n) is 4.59. The normalized spacial score (nSPS) is 11.3. The zero-order valence-corrected chi connectivity index (χ0v) is 16.0. The van der Waals surface area contributed by atoms with Gasteiger partial charge in [-0.1, -0.05) is 38.7 Å². The average Bonchev–Trinajstić information content (AvgIpc) is 2.85. The van der Waals surface area contributed by atoms with E-state index in [4.69, 9.17) is 4.42 Å². The van der Waals surface area contributed by atoms with Gasteiger partial charge in [-0.15, -0.1) is 0 Å². The van der Waals surface area contributed by atoms with Crippen LogP contribution in [0, 0.1) is 13.8 Å². The number of furan rings is 1. The highest BCUT2D eigenvalue weighted by Gasteiger charge is 2.11. The molecule has 0 saturated heterocycles. The van der Waals surface area contributed by atoms with Crippen molar-refractivity contribution < 1.29 is 13.9 Å². The molecule has 0 aliphatic heterocycles. The van der Waals surface area contributed by atoms with E-state index in [2.05, 4.69) is 37.7 Å². The Morgan fingerprint density at radius 1 is 1.04 bits per heavy atom. The van der Waals surface area contributed by atoms with Crippen molar-refractivity contribution in [2.24, 2.45) is 0 Å². The Labute approximate surface area is 147 Å². The summed E-state index contributed by atoms with van der Waals surface area (Å²) in [5.74, 6) is 2.07. The number of rotatable bonds is 12. The predicted octanol–water partition coefficient (Wildman–Crippen LogP) is 6.16. The molecule has 3 heteroatoms. The van der Waals surface area contributed by atoms with E-state index in [0.717, 1.165) is 50.0 Å². The fourth-order valence-electron chi connectivity index (χ4n) is 2.79. The van der Waals surface area contributed by atoms with Crippen molar-refractivity contribution in [2.45, 2.75) is 85.0 Å². The number of aryl methyl sites for hydroxylation is 1. The zero-order chi connectivity index (χ0) is 17.8. The fraction of sp³-hybridized carbons (Fsp3) is 0.667. The average molecular weight is 335 g/mol. The van der Waals surface area contributed by atoms with E-state index in [1.54, 1.807) is 0 Å². The summed E-state index contributed by atoms with van der Waals surface area (Å²) < 4.78 is 10.7. The van der Waals surface area contributed by atoms with Crippen LogP contribution in [-0.4, -0.2) is 13.1 Å². The van der Waals surface area contributed by atoms with Crippen LogP contribution in [0.3, 0.4) is 0 Å². The molecule has 0 saturated carbocycles. The van der Waals surface area contributed by atoms with Gasteiger partial charge in [-0.3, -0.25) is 4.79 Å². The lowest BCUT2D eigenvalue weighted by Crippen LogP contribution is -1.98. The minimum Gasteiger partial charge on any atom is -0.469 e. The Morgan fingerprint density at radius 2 is 1.79 bits per heavy atom. The molecule has 0 aliphatic rings. The van der Waals surface area contributed by atoms with Crippen molar-refractivity contribution in [3.05, 3.63) is 28.7 Å². The molecule has 3 nitrogen and oxygen atoms in total. The lowest BCUT2D eigenvalue weighted by atomic mass is 10.1. The van der Waals surface area contributed by atoms with Crippen LogP contribution < -0.4 is 0 Å². The Hall–Kier alpha value is -1.51. The van der Waals surface area contributed by atoms with E-state index in [9.17, 15) is 4.79 Å². The molecule has 0 N–H and O–H groups in total. The minimum atomic E-state index is -0.103. The van der Waals surface area contributed by atoms with Crippen LogP contribution in [0.4, 0.5) is 0 Å². The fourth-order valence-corrected chi connectivity index (χ4v) is 2.79. The molecule has 1 aromatic rings. The number of hydrogen-bond donors (Lipinski definition) is 0. The van der Waals surface area contributed by atoms with Crippen LogP contribution in [0.25, 0.3) is 6.08 Å². The molecule has 136 valence electrons. The SMILES string of the molecule is CCCCCc1oc(C=CCCCCCCC(=O)OC)c(C)c1C. The van der Waals surface area contributed by atoms with Crippen LogP contribution in [0.5, 0.6) is 0 Å². The van der Waals surface area contributed by atoms with Crippen molar-refractivity contribution in [3.63, 3.8) is 0 Å². The summed E-state index contributed by atoms with van der Waals surface area (Å²) in [7, 11) is 1.45. The highest BCUT2D eigenvalue weighted by Crippen LogP contribution is 2.24. The second-order valence-electron chi connectivity index (χ2n) is 6.53. The van der Waals surface area contributed by atoms with Crippen LogP contribution >= 0.6 is 0 Å². The minimum absolute atomic E-state index is 0.103. The lowest BCUT2D eigenvalue weighted by Gasteiger charge is -1.99. The van der Waals surface area contributed by atoms with Gasteiger partial charge in [0.1, 0.15) is 11.5 Å². The lowest BCUT2D eigenvalue weighted by molar-refractivity contribution is -0.140. The summed E-state index contributed by atoms with van der Waals surface area (Å²) in [5, 5.41) is 0. The molecule has 0 spiro atoms. The number of ether oxygens (including phenoxy) is 1. The van der Waals surface area contributed by atoms with Crippen molar-refractivity contribution in [2.75, 3.05) is 7.11 Å². The third-order valence-corrected chi connectivity index (χ3v) is 4.59. The monoisotopic (exact) mass is 334 g/mol. The Bertz CT molecular complexity index is 511. The summed E-state index contributed by atoms with van der Waals surface area (Å²) in [4.78, 5) is 11.0. The van der Waals surface area contributed by atoms with Crippen molar-refractivity contribution in [1.29, 1.82) is 0 Å². The first-order chi connectivity index (χ1) is 11.6. The second kappa shape index (κ2) is 11.9. The highest BCUT2D eigenvalue weighted by molar-refractivity contribution is 5.68. The maximum Gasteiger partial charge on any atom is 0.305 e. The summed E-state index contributed by atoms with van der Waals surface area (Å²) in [6, 6.07) is 0. The van der Waals surface area contributed by atoms with Crippen molar-refractivity contribution >= 4 is 12.0 Å². The summed E-state index contributed by atoms with van der Waals surface area (Å²) in [6.45, 7) is 6.54. The zero-order valence-electron chi connectivity index (χ0n) is 16.0. The van der Waals surface area contributed by atoms with Gasteiger partial charge >= 0.3 is 5.97 Å². The number of esters is 1. The molecule has 0 bridgehead atoms. The molecule has 1 rings (SSSR count). The Balaban J connectivity index is 2.29. The molecule has 24 heavy (non-hydrogen) atoms. The molecular weight excluding hydrogens is 300 g/mol. The van der Waals surface area contributed by atoms with Crippen LogP contribution in [0.2, 0.25) is 0 Å². The molecule has 0 radical (unpaired) electrons. The van der Waals surface area contributed by atoms with Gasteiger partial charge in [0.05, 0.1) is 7.11 Å². The Morgan fingerprint density at radius 3 is 2.50 bits per heavy atom.